The van der Waals surface area contributed by atoms with Gasteiger partial charge in [0.25, 0.3) is 0 Å². The third kappa shape index (κ3) is 27.5. The summed E-state index contributed by atoms with van der Waals surface area (Å²) in [6.07, 6.45) is 25.5. The van der Waals surface area contributed by atoms with Crippen LogP contribution in [0.25, 0.3) is 0 Å². The van der Waals surface area contributed by atoms with E-state index in [-0.39, 0.29) is 19.2 Å². The van der Waals surface area contributed by atoms with Crippen LogP contribution in [0.2, 0.25) is 0 Å². The Labute approximate surface area is 231 Å². The molecule has 0 aliphatic heterocycles. The van der Waals surface area contributed by atoms with Crippen LogP contribution in [-0.2, 0) is 14.3 Å². The number of hydrogen-bond acceptors (Lipinski definition) is 4. The monoisotopic (exact) mass is 573 g/mol. The van der Waals surface area contributed by atoms with E-state index in [4.69, 9.17) is 9.47 Å². The largest absolute Gasteiger partial charge is 0.461 e. The van der Waals surface area contributed by atoms with E-state index in [1.54, 1.807) is 0 Å². The molecule has 0 radical (unpaired) electrons. The van der Waals surface area contributed by atoms with Crippen molar-refractivity contribution < 1.29 is 19.1 Å². The highest BCUT2D eigenvalue weighted by Gasteiger charge is 2.07. The number of amides is 1. The number of carbonyl (C=O) groups excluding carboxylic acids is 2. The standard InChI is InChI=1S/C30H56BrNO4/c1-3-4-5-6-7-8-9-10-11-12-13-14-15-16-19-22-25-32-30(34)36-27-28(2)26-35-29(33)23-20-17-18-21-24-31/h2-27H2,1H3,(H,32,34). The number of carbonyl (C=O) groups is 2. The molecule has 0 aromatic heterocycles. The lowest BCUT2D eigenvalue weighted by atomic mass is 10.0. The van der Waals surface area contributed by atoms with Crippen molar-refractivity contribution in [3.8, 4) is 0 Å². The molecule has 0 heterocycles. The van der Waals surface area contributed by atoms with E-state index in [1.807, 2.05) is 0 Å². The van der Waals surface area contributed by atoms with Crippen LogP contribution in [0, 0.1) is 0 Å². The zero-order valence-electron chi connectivity index (χ0n) is 23.4. The second-order valence-corrected chi connectivity index (χ2v) is 10.9. The Morgan fingerprint density at radius 3 is 1.61 bits per heavy atom. The summed E-state index contributed by atoms with van der Waals surface area (Å²) in [7, 11) is 0. The normalized spacial score (nSPS) is 10.8. The Morgan fingerprint density at radius 2 is 1.08 bits per heavy atom. The molecule has 36 heavy (non-hydrogen) atoms. The van der Waals surface area contributed by atoms with E-state index in [0.717, 1.165) is 43.9 Å². The van der Waals surface area contributed by atoms with Crippen LogP contribution in [0.15, 0.2) is 12.2 Å². The van der Waals surface area contributed by atoms with Gasteiger partial charge >= 0.3 is 12.1 Å². The number of alkyl halides is 1. The molecule has 0 saturated carbocycles. The Kier molecular flexibility index (Phi) is 27.7. The number of rotatable bonds is 27. The molecule has 0 aliphatic carbocycles. The van der Waals surface area contributed by atoms with Gasteiger partial charge in [-0.1, -0.05) is 139 Å². The maximum Gasteiger partial charge on any atom is 0.407 e. The topological polar surface area (TPSA) is 64.6 Å². The molecule has 0 saturated heterocycles. The van der Waals surface area contributed by atoms with E-state index >= 15 is 0 Å². The number of unbranched alkanes of at least 4 members (excludes halogenated alkanes) is 18. The Hall–Kier alpha value is -1.04. The van der Waals surface area contributed by atoms with Gasteiger partial charge in [-0.3, -0.25) is 4.79 Å². The maximum absolute atomic E-state index is 11.8. The van der Waals surface area contributed by atoms with Gasteiger partial charge in [-0.15, -0.1) is 0 Å². The highest BCUT2D eigenvalue weighted by Crippen LogP contribution is 2.13. The fraction of sp³-hybridized carbons (Fsp3) is 0.867. The number of hydrogen-bond donors (Lipinski definition) is 1. The summed E-state index contributed by atoms with van der Waals surface area (Å²) in [5.74, 6) is -0.219. The molecule has 6 heteroatoms. The first-order chi connectivity index (χ1) is 17.6. The molecule has 0 unspecified atom stereocenters. The number of halogens is 1. The lowest BCUT2D eigenvalue weighted by molar-refractivity contribution is -0.142. The third-order valence-corrected chi connectivity index (χ3v) is 6.97. The molecular formula is C30H56BrNO4. The second kappa shape index (κ2) is 28.5. The van der Waals surface area contributed by atoms with Gasteiger partial charge in [0, 0.05) is 18.3 Å². The van der Waals surface area contributed by atoms with Crippen molar-refractivity contribution in [3.05, 3.63) is 12.2 Å². The van der Waals surface area contributed by atoms with Crippen molar-refractivity contribution in [2.75, 3.05) is 25.1 Å². The molecule has 0 rings (SSSR count). The predicted octanol–water partition coefficient (Wildman–Crippen LogP) is 9.42. The van der Waals surface area contributed by atoms with Crippen molar-refractivity contribution >= 4 is 28.0 Å². The molecule has 0 aliphatic rings. The van der Waals surface area contributed by atoms with Gasteiger partial charge in [0.05, 0.1) is 0 Å². The second-order valence-electron chi connectivity index (χ2n) is 10.1. The van der Waals surface area contributed by atoms with Crippen LogP contribution < -0.4 is 5.32 Å². The van der Waals surface area contributed by atoms with Crippen LogP contribution in [-0.4, -0.2) is 37.2 Å². The van der Waals surface area contributed by atoms with E-state index in [1.165, 1.54) is 89.9 Å². The fourth-order valence-corrected chi connectivity index (χ4v) is 4.49. The quantitative estimate of drug-likeness (QED) is 0.0459. The van der Waals surface area contributed by atoms with Crippen molar-refractivity contribution in [1.82, 2.24) is 5.32 Å². The summed E-state index contributed by atoms with van der Waals surface area (Å²) >= 11 is 3.40. The molecule has 212 valence electrons. The lowest BCUT2D eigenvalue weighted by Gasteiger charge is -2.10. The van der Waals surface area contributed by atoms with Crippen LogP contribution in [0.5, 0.6) is 0 Å². The maximum atomic E-state index is 11.8. The summed E-state index contributed by atoms with van der Waals surface area (Å²) in [5.41, 5.74) is 0.584. The number of esters is 1. The van der Waals surface area contributed by atoms with E-state index in [0.29, 0.717) is 18.5 Å². The molecule has 5 nitrogen and oxygen atoms in total. The van der Waals surface area contributed by atoms with Crippen LogP contribution in [0.1, 0.15) is 142 Å². The highest BCUT2D eigenvalue weighted by atomic mass is 79.9. The number of alkyl carbamates (subject to hydrolysis) is 1. The van der Waals surface area contributed by atoms with Crippen LogP contribution in [0.4, 0.5) is 4.79 Å². The lowest BCUT2D eigenvalue weighted by Crippen LogP contribution is -2.26. The average Bonchev–Trinajstić information content (AvgIpc) is 2.87. The molecule has 0 aromatic carbocycles. The minimum Gasteiger partial charge on any atom is -0.461 e. The molecule has 1 amide bonds. The van der Waals surface area contributed by atoms with Gasteiger partial charge in [0.1, 0.15) is 13.2 Å². The van der Waals surface area contributed by atoms with Gasteiger partial charge in [-0.25, -0.2) is 4.79 Å². The van der Waals surface area contributed by atoms with Gasteiger partial charge < -0.3 is 14.8 Å². The van der Waals surface area contributed by atoms with E-state index < -0.39 is 6.09 Å². The Morgan fingerprint density at radius 1 is 0.639 bits per heavy atom. The average molecular weight is 575 g/mol. The first-order valence-corrected chi connectivity index (χ1v) is 16.0. The fourth-order valence-electron chi connectivity index (χ4n) is 4.10. The number of ether oxygens (including phenoxy) is 2. The Bertz CT molecular complexity index is 527. The third-order valence-electron chi connectivity index (χ3n) is 6.41. The van der Waals surface area contributed by atoms with E-state index in [9.17, 15) is 9.59 Å². The van der Waals surface area contributed by atoms with Crippen molar-refractivity contribution in [2.24, 2.45) is 0 Å². The van der Waals surface area contributed by atoms with Crippen LogP contribution >= 0.6 is 15.9 Å². The summed E-state index contributed by atoms with van der Waals surface area (Å²) in [6.45, 7) is 6.90. The van der Waals surface area contributed by atoms with Crippen molar-refractivity contribution in [2.45, 2.75) is 142 Å². The molecular weight excluding hydrogens is 518 g/mol. The molecule has 1 N–H and O–H groups in total. The Balaban J connectivity index is 3.35. The summed E-state index contributed by atoms with van der Waals surface area (Å²) in [6, 6.07) is 0. The SMILES string of the molecule is C=C(COC(=O)CCCCCCBr)COC(=O)NCCCCCCCCCCCCCCCCCC. The minimum absolute atomic E-state index is 0.0727. The first-order valence-electron chi connectivity index (χ1n) is 14.9. The summed E-state index contributed by atoms with van der Waals surface area (Å²) in [5, 5.41) is 3.79. The smallest absolute Gasteiger partial charge is 0.407 e. The van der Waals surface area contributed by atoms with Gasteiger partial charge in [-0.05, 0) is 24.8 Å². The summed E-state index contributed by atoms with van der Waals surface area (Å²) in [4.78, 5) is 23.5. The van der Waals surface area contributed by atoms with Gasteiger partial charge in [0.15, 0.2) is 0 Å². The molecule has 0 spiro atoms. The zero-order chi connectivity index (χ0) is 26.5. The highest BCUT2D eigenvalue weighted by molar-refractivity contribution is 9.09. The molecule has 0 aromatic rings. The van der Waals surface area contributed by atoms with Crippen molar-refractivity contribution in [1.29, 1.82) is 0 Å². The molecule has 0 bridgehead atoms. The van der Waals surface area contributed by atoms with E-state index in [2.05, 4.69) is 34.7 Å². The first kappa shape index (κ1) is 35.0. The zero-order valence-corrected chi connectivity index (χ0v) is 25.0. The molecule has 0 fully saturated rings. The summed E-state index contributed by atoms with van der Waals surface area (Å²) < 4.78 is 10.3. The molecule has 0 atom stereocenters. The van der Waals surface area contributed by atoms with Crippen LogP contribution in [0.3, 0.4) is 0 Å². The van der Waals surface area contributed by atoms with Crippen molar-refractivity contribution in [3.63, 3.8) is 0 Å². The minimum atomic E-state index is -0.435. The number of nitrogens with one attached hydrogen (secondary N) is 1. The van der Waals surface area contributed by atoms with Gasteiger partial charge in [0.2, 0.25) is 0 Å². The van der Waals surface area contributed by atoms with Gasteiger partial charge in [-0.2, -0.15) is 0 Å². The predicted molar refractivity (Wildman–Crippen MR) is 156 cm³/mol.